The van der Waals surface area contributed by atoms with Gasteiger partial charge in [-0.25, -0.2) is 23.8 Å². The van der Waals surface area contributed by atoms with E-state index in [4.69, 9.17) is 25.5 Å². The zero-order valence-electron chi connectivity index (χ0n) is 35.2. The van der Waals surface area contributed by atoms with Crippen LogP contribution in [0.5, 0.6) is 11.5 Å². The van der Waals surface area contributed by atoms with E-state index < -0.39 is 48.0 Å². The molecule has 0 spiro atoms. The number of hydrogen-bond acceptors (Lipinski definition) is 13. The average Bonchev–Trinajstić information content (AvgIpc) is 3.79. The highest BCUT2D eigenvalue weighted by molar-refractivity contribution is 6.23. The van der Waals surface area contributed by atoms with Crippen LogP contribution in [0, 0.1) is 0 Å². The Morgan fingerprint density at radius 1 is 0.803 bits per heavy atom. The second kappa shape index (κ2) is 17.8. The fourth-order valence-corrected chi connectivity index (χ4v) is 9.43. The molecular weight excluding hydrogens is 869 g/mol. The molecule has 2 aromatic heterocycles. The van der Waals surface area contributed by atoms with Crippen molar-refractivity contribution in [3.8, 4) is 22.8 Å². The molecule has 4 N–H and O–H groups in total. The lowest BCUT2D eigenvalue weighted by molar-refractivity contribution is -0.192. The van der Waals surface area contributed by atoms with E-state index in [-0.39, 0.29) is 42.1 Å². The van der Waals surface area contributed by atoms with E-state index in [1.54, 1.807) is 12.1 Å². The van der Waals surface area contributed by atoms with Gasteiger partial charge in [-0.3, -0.25) is 39.2 Å². The first kappa shape index (κ1) is 44.2. The Kier molecular flexibility index (Phi) is 11.9. The second-order valence-corrected chi connectivity index (χ2v) is 16.9. The Balaban J connectivity index is 0.000000726. The molecule has 0 bridgehead atoms. The molecule has 4 saturated heterocycles. The maximum Gasteiger partial charge on any atom is 0.490 e. The number of ether oxygens (including phenoxy) is 1. The zero-order valence-corrected chi connectivity index (χ0v) is 35.2. The minimum Gasteiger partial charge on any atom is -0.475 e. The Labute approximate surface area is 374 Å². The summed E-state index contributed by atoms with van der Waals surface area (Å²) in [5, 5.41) is 15.1. The Morgan fingerprint density at radius 3 is 2.14 bits per heavy atom. The lowest BCUT2D eigenvalue weighted by atomic mass is 9.94. The highest BCUT2D eigenvalue weighted by Crippen LogP contribution is 2.38. The predicted molar refractivity (Wildman–Crippen MR) is 229 cm³/mol. The molecule has 4 amide bonds. The minimum atomic E-state index is -5.08. The molecule has 10 rings (SSSR count). The van der Waals surface area contributed by atoms with Gasteiger partial charge in [-0.05, 0) is 80.3 Å². The van der Waals surface area contributed by atoms with Gasteiger partial charge in [0, 0.05) is 69.0 Å². The van der Waals surface area contributed by atoms with Crippen LogP contribution in [0.4, 0.5) is 29.1 Å². The van der Waals surface area contributed by atoms with E-state index >= 15 is 4.39 Å². The molecule has 0 radical (unpaired) electrons. The zero-order chi connectivity index (χ0) is 46.4. The number of piperidine rings is 3. The van der Waals surface area contributed by atoms with Gasteiger partial charge < -0.3 is 20.5 Å². The van der Waals surface area contributed by atoms with Gasteiger partial charge in [-0.2, -0.15) is 18.3 Å². The molecule has 3 aromatic carbocycles. The van der Waals surface area contributed by atoms with Crippen LogP contribution in [0.25, 0.3) is 22.3 Å². The number of aliphatic carboxylic acids is 1. The maximum atomic E-state index is 16.0. The van der Waals surface area contributed by atoms with Crippen molar-refractivity contribution in [3.05, 3.63) is 90.3 Å². The largest absolute Gasteiger partial charge is 0.490 e. The molecule has 0 saturated carbocycles. The molecule has 66 heavy (non-hydrogen) atoms. The Hall–Kier alpha value is -7.00. The van der Waals surface area contributed by atoms with E-state index in [2.05, 4.69) is 30.0 Å². The second-order valence-electron chi connectivity index (χ2n) is 16.9. The van der Waals surface area contributed by atoms with Gasteiger partial charge in [-0.1, -0.05) is 18.2 Å². The SMILES string of the molecule is Nc1ncnc2c1c(-c1ccc(Oc3ccccc3)cc1)nn2C1CCN(C2CCN(C3CN(c4ccc5c(c4)C(=O)N(C4CCC(=O)NC4=O)C5=O)C3)CC2F)CC1.O=C(O)C(F)(F)F. The molecule has 5 aliphatic rings. The number of para-hydroxylation sites is 1. The van der Waals surface area contributed by atoms with Crippen molar-refractivity contribution in [2.75, 3.05) is 49.9 Å². The van der Waals surface area contributed by atoms with Gasteiger partial charge in [0.2, 0.25) is 11.8 Å². The van der Waals surface area contributed by atoms with Crippen molar-refractivity contribution < 1.29 is 51.4 Å². The van der Waals surface area contributed by atoms with Gasteiger partial charge in [-0.15, -0.1) is 0 Å². The molecule has 5 aliphatic heterocycles. The van der Waals surface area contributed by atoms with Crippen molar-refractivity contribution >= 4 is 52.1 Å². The van der Waals surface area contributed by atoms with Gasteiger partial charge in [0.25, 0.3) is 11.8 Å². The van der Waals surface area contributed by atoms with Crippen LogP contribution < -0.4 is 20.7 Å². The summed E-state index contributed by atoms with van der Waals surface area (Å²) in [6.07, 6.45) is -2.09. The standard InChI is InChI=1S/C43H43FN10O5.C2HF3O2/c44-33-23-51(28-21-52(22-28)27-8-11-31-32(20-27)43(58)53(42(31)57)35-12-13-36(55)48-41(35)56)19-16-34(33)50-17-14-26(15-18-50)54-40-37(39(45)46-24-47-40)38(49-54)25-6-9-30(10-7-25)59-29-4-2-1-3-5-29;3-2(4,5)1(6)7/h1-11,20,24,26,28,33-35H,12-19,21-23H2,(H2,45,46,47)(H,48,55,56);(H,6,7). The number of imide groups is 2. The molecule has 7 heterocycles. The van der Waals surface area contributed by atoms with Gasteiger partial charge >= 0.3 is 12.1 Å². The number of carboxylic acid groups (broad SMARTS) is 1. The van der Waals surface area contributed by atoms with E-state index in [9.17, 15) is 32.3 Å². The molecule has 17 nitrogen and oxygen atoms in total. The molecule has 344 valence electrons. The molecule has 21 heteroatoms. The number of amides is 4. The highest BCUT2D eigenvalue weighted by Gasteiger charge is 2.46. The topological polar surface area (TPSA) is 209 Å². The van der Waals surface area contributed by atoms with Crippen molar-refractivity contribution in [3.63, 3.8) is 0 Å². The quantitative estimate of drug-likeness (QED) is 0.141. The number of fused-ring (bicyclic) bond motifs is 2. The number of nitrogens with one attached hydrogen (secondary N) is 1. The van der Waals surface area contributed by atoms with Crippen LogP contribution in [0.15, 0.2) is 79.1 Å². The predicted octanol–water partition coefficient (Wildman–Crippen LogP) is 4.84. The fourth-order valence-electron chi connectivity index (χ4n) is 9.43. The first-order chi connectivity index (χ1) is 31.6. The number of benzene rings is 3. The number of anilines is 2. The van der Waals surface area contributed by atoms with Crippen molar-refractivity contribution in [2.45, 2.75) is 68.6 Å². The Bertz CT molecular complexity index is 2690. The molecule has 4 fully saturated rings. The average molecular weight is 913 g/mol. The summed E-state index contributed by atoms with van der Waals surface area (Å²) in [7, 11) is 0. The third-order valence-electron chi connectivity index (χ3n) is 12.9. The summed E-state index contributed by atoms with van der Waals surface area (Å²) < 4.78 is 55.7. The van der Waals surface area contributed by atoms with Crippen molar-refractivity contribution in [1.29, 1.82) is 0 Å². The summed E-state index contributed by atoms with van der Waals surface area (Å²) in [5.74, 6) is -3.01. The third kappa shape index (κ3) is 8.62. The minimum absolute atomic E-state index is 0.0702. The summed E-state index contributed by atoms with van der Waals surface area (Å²) in [4.78, 5) is 76.0. The molecular formula is C45H44F4N10O7. The van der Waals surface area contributed by atoms with Crippen LogP contribution in [0.3, 0.4) is 0 Å². The van der Waals surface area contributed by atoms with Crippen LogP contribution in [0.2, 0.25) is 0 Å². The number of carboxylic acids is 1. The number of carbonyl (C=O) groups is 5. The summed E-state index contributed by atoms with van der Waals surface area (Å²) in [6.45, 7) is 4.01. The van der Waals surface area contributed by atoms with Crippen LogP contribution in [-0.4, -0.2) is 139 Å². The van der Waals surface area contributed by atoms with E-state index in [1.165, 1.54) is 6.33 Å². The number of rotatable bonds is 8. The van der Waals surface area contributed by atoms with E-state index in [0.29, 0.717) is 47.9 Å². The summed E-state index contributed by atoms with van der Waals surface area (Å²) >= 11 is 0. The van der Waals surface area contributed by atoms with Gasteiger partial charge in [0.1, 0.15) is 41.6 Å². The smallest absolute Gasteiger partial charge is 0.475 e. The number of alkyl halides is 4. The Morgan fingerprint density at radius 2 is 1.47 bits per heavy atom. The number of nitrogens with zero attached hydrogens (tertiary/aromatic N) is 8. The van der Waals surface area contributed by atoms with Crippen LogP contribution >= 0.6 is 0 Å². The number of hydrogen-bond donors (Lipinski definition) is 3. The molecule has 0 aliphatic carbocycles. The first-order valence-electron chi connectivity index (χ1n) is 21.5. The number of aromatic nitrogens is 4. The van der Waals surface area contributed by atoms with Crippen molar-refractivity contribution in [1.82, 2.24) is 39.8 Å². The molecule has 3 unspecified atom stereocenters. The number of carbonyl (C=O) groups excluding carboxylic acids is 4. The van der Waals surface area contributed by atoms with Gasteiger partial charge in [0.05, 0.1) is 22.6 Å². The monoisotopic (exact) mass is 912 g/mol. The number of likely N-dealkylation sites (tertiary alicyclic amines) is 2. The highest BCUT2D eigenvalue weighted by atomic mass is 19.4. The molecule has 5 aromatic rings. The fraction of sp³-hybridized carbons (Fsp3) is 0.378. The normalized spacial score (nSPS) is 22.2. The maximum absolute atomic E-state index is 16.0. The van der Waals surface area contributed by atoms with E-state index in [1.807, 2.05) is 65.3 Å². The summed E-state index contributed by atoms with van der Waals surface area (Å²) in [5.41, 5.74) is 10.0. The van der Waals surface area contributed by atoms with Crippen LogP contribution in [0.1, 0.15) is 58.9 Å². The van der Waals surface area contributed by atoms with Crippen molar-refractivity contribution in [2.24, 2.45) is 0 Å². The summed E-state index contributed by atoms with van der Waals surface area (Å²) in [6, 6.07) is 21.6. The first-order valence-corrected chi connectivity index (χ1v) is 21.5. The van der Waals surface area contributed by atoms with Gasteiger partial charge in [0.15, 0.2) is 5.65 Å². The number of nitrogens with two attached hydrogens (primary N) is 1. The number of halogens is 4. The number of nitrogen functional groups attached to an aromatic ring is 1. The lowest BCUT2D eigenvalue weighted by Gasteiger charge is -2.51. The third-order valence-corrected chi connectivity index (χ3v) is 12.9. The molecule has 3 atom stereocenters. The van der Waals surface area contributed by atoms with Crippen LogP contribution in [-0.2, 0) is 14.4 Å². The van der Waals surface area contributed by atoms with E-state index in [0.717, 1.165) is 60.8 Å². The lowest BCUT2D eigenvalue weighted by Crippen LogP contribution is -2.64.